The average molecular weight is 625 g/mol. The number of ether oxygens (including phenoxy) is 1. The number of rotatable bonds is 8. The summed E-state index contributed by atoms with van der Waals surface area (Å²) < 4.78 is 8.33. The van der Waals surface area contributed by atoms with Crippen molar-refractivity contribution in [3.8, 4) is 22.8 Å². The van der Waals surface area contributed by atoms with Crippen molar-refractivity contribution in [3.05, 3.63) is 136 Å². The fraction of sp³-hybridized carbons (Fsp3) is 0.0312. The van der Waals surface area contributed by atoms with Crippen molar-refractivity contribution in [2.45, 2.75) is 6.54 Å². The molecule has 41 heavy (non-hydrogen) atoms. The highest BCUT2D eigenvalue weighted by atomic mass is 79.9. The molecule has 4 aromatic carbocycles. The number of halogens is 2. The third-order valence-corrected chi connectivity index (χ3v) is 7.22. The first-order valence-electron chi connectivity index (χ1n) is 12.8. The summed E-state index contributed by atoms with van der Waals surface area (Å²) in [7, 11) is 0. The van der Waals surface area contributed by atoms with Crippen LogP contribution in [0, 0.1) is 0 Å². The van der Waals surface area contributed by atoms with Gasteiger partial charge in [0.15, 0.2) is 5.65 Å². The predicted octanol–water partition coefficient (Wildman–Crippen LogP) is 8.47. The number of anilines is 2. The van der Waals surface area contributed by atoms with Gasteiger partial charge < -0.3 is 15.4 Å². The van der Waals surface area contributed by atoms with E-state index >= 15 is 0 Å². The lowest BCUT2D eigenvalue weighted by Gasteiger charge is -2.13. The van der Waals surface area contributed by atoms with Crippen molar-refractivity contribution < 1.29 is 9.53 Å². The Labute approximate surface area is 249 Å². The Kier molecular flexibility index (Phi) is 7.67. The molecular formula is C32H23BrClN5O2. The molecule has 202 valence electrons. The lowest BCUT2D eigenvalue weighted by atomic mass is 10.1. The van der Waals surface area contributed by atoms with E-state index in [1.165, 1.54) is 0 Å². The minimum Gasteiger partial charge on any atom is -0.457 e. The van der Waals surface area contributed by atoms with Crippen LogP contribution in [0.2, 0.25) is 5.02 Å². The van der Waals surface area contributed by atoms with Crippen molar-refractivity contribution in [1.82, 2.24) is 14.6 Å². The Morgan fingerprint density at radius 3 is 2.44 bits per heavy atom. The first-order valence-corrected chi connectivity index (χ1v) is 14.0. The largest absolute Gasteiger partial charge is 0.457 e. The summed E-state index contributed by atoms with van der Waals surface area (Å²) in [6.07, 6.45) is 1.71. The van der Waals surface area contributed by atoms with Crippen LogP contribution in [0.3, 0.4) is 0 Å². The highest BCUT2D eigenvalue weighted by Crippen LogP contribution is 2.30. The number of carbonyl (C=O) groups excluding carboxylic acids is 1. The minimum atomic E-state index is -0.206. The summed E-state index contributed by atoms with van der Waals surface area (Å²) in [5.41, 5.74) is 4.43. The van der Waals surface area contributed by atoms with Crippen LogP contribution in [-0.4, -0.2) is 20.5 Å². The predicted molar refractivity (Wildman–Crippen MR) is 166 cm³/mol. The molecule has 0 fully saturated rings. The topological polar surface area (TPSA) is 80.5 Å². The Bertz CT molecular complexity index is 1840. The molecule has 7 nitrogen and oxygen atoms in total. The summed E-state index contributed by atoms with van der Waals surface area (Å²) >= 11 is 10.00. The minimum absolute atomic E-state index is 0.206. The number of hydrogen-bond acceptors (Lipinski definition) is 5. The molecule has 0 aliphatic carbocycles. The molecule has 2 aromatic heterocycles. The van der Waals surface area contributed by atoms with E-state index in [1.807, 2.05) is 84.9 Å². The van der Waals surface area contributed by atoms with Crippen LogP contribution < -0.4 is 15.4 Å². The molecule has 2 N–H and O–H groups in total. The zero-order valence-electron chi connectivity index (χ0n) is 21.6. The first-order chi connectivity index (χ1) is 20.0. The molecule has 1 amide bonds. The van der Waals surface area contributed by atoms with Crippen LogP contribution in [-0.2, 0) is 6.54 Å². The second kappa shape index (κ2) is 11.8. The first kappa shape index (κ1) is 26.6. The Morgan fingerprint density at radius 1 is 0.878 bits per heavy atom. The number of aromatic nitrogens is 3. The Hall–Kier alpha value is -4.66. The maximum Gasteiger partial charge on any atom is 0.255 e. The molecule has 0 saturated heterocycles. The number of fused-ring (bicyclic) bond motifs is 1. The molecule has 0 unspecified atom stereocenters. The van der Waals surface area contributed by atoms with Gasteiger partial charge in [-0.1, -0.05) is 60.1 Å². The van der Waals surface area contributed by atoms with Crippen LogP contribution in [0.15, 0.2) is 120 Å². The fourth-order valence-corrected chi connectivity index (χ4v) is 4.90. The van der Waals surface area contributed by atoms with Crippen LogP contribution in [0.4, 0.5) is 11.5 Å². The van der Waals surface area contributed by atoms with Gasteiger partial charge in [-0.15, -0.1) is 0 Å². The second-order valence-corrected chi connectivity index (χ2v) is 10.4. The number of carbonyl (C=O) groups is 1. The molecule has 0 atom stereocenters. The van der Waals surface area contributed by atoms with Gasteiger partial charge in [0, 0.05) is 34.4 Å². The molecule has 6 rings (SSSR count). The van der Waals surface area contributed by atoms with Crippen molar-refractivity contribution in [1.29, 1.82) is 0 Å². The molecule has 0 spiro atoms. The number of amides is 1. The molecule has 0 saturated carbocycles. The third kappa shape index (κ3) is 6.09. The molecule has 2 heterocycles. The standard InChI is InChI=1S/C32H23BrClN5O2/c33-27-20-36-39-30(18-29(38-31(27)39)26-11-4-5-12-28(26)34)35-19-21-7-6-8-23(17-21)37-32(40)22-13-15-25(16-14-22)41-24-9-2-1-3-10-24/h1-18,20,35H,19H2,(H,37,40). The SMILES string of the molecule is O=C(Nc1cccc(CNc2cc(-c3ccccc3Cl)nc3c(Br)cnn23)c1)c1ccc(Oc2ccccc2)cc1. The Balaban J connectivity index is 1.16. The summed E-state index contributed by atoms with van der Waals surface area (Å²) in [5.74, 6) is 1.95. The van der Waals surface area contributed by atoms with E-state index < -0.39 is 0 Å². The van der Waals surface area contributed by atoms with Crippen LogP contribution in [0.5, 0.6) is 11.5 Å². The van der Waals surface area contributed by atoms with Gasteiger partial charge in [0.25, 0.3) is 5.91 Å². The molecule has 0 aliphatic heterocycles. The van der Waals surface area contributed by atoms with Crippen LogP contribution >= 0.6 is 27.5 Å². The number of nitrogens with one attached hydrogen (secondary N) is 2. The summed E-state index contributed by atoms with van der Waals surface area (Å²) in [5, 5.41) is 11.5. The lowest BCUT2D eigenvalue weighted by molar-refractivity contribution is 0.102. The fourth-order valence-electron chi connectivity index (χ4n) is 4.32. The normalized spacial score (nSPS) is 10.9. The molecule has 0 bridgehead atoms. The van der Waals surface area contributed by atoms with E-state index in [1.54, 1.807) is 35.0 Å². The monoisotopic (exact) mass is 623 g/mol. The van der Waals surface area contributed by atoms with E-state index in [9.17, 15) is 4.79 Å². The van der Waals surface area contributed by atoms with Gasteiger partial charge in [0.2, 0.25) is 0 Å². The van der Waals surface area contributed by atoms with E-state index in [4.69, 9.17) is 21.3 Å². The lowest BCUT2D eigenvalue weighted by Crippen LogP contribution is -2.12. The molecule has 0 aliphatic rings. The number of para-hydroxylation sites is 1. The van der Waals surface area contributed by atoms with Crippen molar-refractivity contribution >= 4 is 50.6 Å². The summed E-state index contributed by atoms with van der Waals surface area (Å²) in [6, 6.07) is 33.8. The highest BCUT2D eigenvalue weighted by Gasteiger charge is 2.14. The van der Waals surface area contributed by atoms with Gasteiger partial charge >= 0.3 is 0 Å². The maximum absolute atomic E-state index is 12.9. The molecule has 6 aromatic rings. The van der Waals surface area contributed by atoms with Gasteiger partial charge in [-0.05, 0) is 76.1 Å². The van der Waals surface area contributed by atoms with E-state index in [0.717, 1.165) is 32.9 Å². The van der Waals surface area contributed by atoms with E-state index in [2.05, 4.69) is 31.7 Å². The van der Waals surface area contributed by atoms with Gasteiger partial charge in [-0.25, -0.2) is 4.98 Å². The van der Waals surface area contributed by atoms with Crippen LogP contribution in [0.25, 0.3) is 16.9 Å². The Morgan fingerprint density at radius 2 is 1.63 bits per heavy atom. The molecule has 0 radical (unpaired) electrons. The highest BCUT2D eigenvalue weighted by molar-refractivity contribution is 9.10. The number of hydrogen-bond donors (Lipinski definition) is 2. The van der Waals surface area contributed by atoms with E-state index in [0.29, 0.717) is 34.2 Å². The van der Waals surface area contributed by atoms with Crippen molar-refractivity contribution in [2.75, 3.05) is 10.6 Å². The zero-order chi connectivity index (χ0) is 28.2. The summed E-state index contributed by atoms with van der Waals surface area (Å²) in [6.45, 7) is 0.494. The van der Waals surface area contributed by atoms with E-state index in [-0.39, 0.29) is 5.91 Å². The zero-order valence-corrected chi connectivity index (χ0v) is 23.9. The quantitative estimate of drug-likeness (QED) is 0.178. The second-order valence-electron chi connectivity index (χ2n) is 9.18. The van der Waals surface area contributed by atoms with Gasteiger partial charge in [0.1, 0.15) is 17.3 Å². The molecular weight excluding hydrogens is 602 g/mol. The van der Waals surface area contributed by atoms with Crippen molar-refractivity contribution in [2.24, 2.45) is 0 Å². The maximum atomic E-state index is 12.9. The average Bonchev–Trinajstić information content (AvgIpc) is 3.37. The van der Waals surface area contributed by atoms with Crippen LogP contribution in [0.1, 0.15) is 15.9 Å². The number of benzene rings is 4. The van der Waals surface area contributed by atoms with Crippen molar-refractivity contribution in [3.63, 3.8) is 0 Å². The van der Waals surface area contributed by atoms with Gasteiger partial charge in [0.05, 0.1) is 16.4 Å². The number of nitrogens with zero attached hydrogens (tertiary/aromatic N) is 3. The summed E-state index contributed by atoms with van der Waals surface area (Å²) in [4.78, 5) is 17.7. The molecule has 9 heteroatoms. The third-order valence-electron chi connectivity index (χ3n) is 6.33. The smallest absolute Gasteiger partial charge is 0.255 e. The van der Waals surface area contributed by atoms with Gasteiger partial charge in [-0.2, -0.15) is 9.61 Å². The van der Waals surface area contributed by atoms with Gasteiger partial charge in [-0.3, -0.25) is 4.79 Å².